The third-order valence-electron chi connectivity index (χ3n) is 16.2. The third kappa shape index (κ3) is 7.28. The minimum absolute atomic E-state index is 0.831. The highest BCUT2D eigenvalue weighted by Crippen LogP contribution is 2.49. The van der Waals surface area contributed by atoms with Crippen molar-refractivity contribution in [2.24, 2.45) is 0 Å². The monoisotopic (exact) mass is 1070 g/mol. The molecule has 0 bridgehead atoms. The molecule has 82 heavy (non-hydrogen) atoms. The number of hydrogen-bond acceptors (Lipinski definition) is 7. The Balaban J connectivity index is 0.811. The van der Waals surface area contributed by atoms with Crippen LogP contribution in [-0.4, -0.2) is 24.5 Å². The number of fused-ring (bicyclic) bond motifs is 12. The number of benzene rings is 9. The quantitative estimate of drug-likeness (QED) is 0.151. The van der Waals surface area contributed by atoms with Crippen LogP contribution < -0.4 is 0 Å². The van der Waals surface area contributed by atoms with E-state index in [2.05, 4.69) is 210 Å². The molecule has 0 N–H and O–H groups in total. The largest absolute Gasteiger partial charge is 0.456 e. The van der Waals surface area contributed by atoms with E-state index in [4.69, 9.17) is 23.8 Å². The summed E-state index contributed by atoms with van der Waals surface area (Å²) in [5.41, 5.74) is 21.0. The molecule has 0 aliphatic heterocycles. The van der Waals surface area contributed by atoms with Crippen molar-refractivity contribution in [3.63, 3.8) is 0 Å². The van der Waals surface area contributed by atoms with E-state index in [1.165, 1.54) is 20.2 Å². The number of thiophene rings is 1. The smallest absolute Gasteiger partial charge is 0.146 e. The van der Waals surface area contributed by atoms with Gasteiger partial charge in [-0.05, 0) is 130 Å². The highest BCUT2D eigenvalue weighted by molar-refractivity contribution is 7.27. The second-order valence-corrected chi connectivity index (χ2v) is 21.9. The maximum atomic E-state index is 6.66. The van der Waals surface area contributed by atoms with Crippen LogP contribution in [0.15, 0.2) is 270 Å². The summed E-state index contributed by atoms with van der Waals surface area (Å²) in [6.07, 6.45) is 7.53. The Morgan fingerprint density at radius 1 is 0.293 bits per heavy atom. The lowest BCUT2D eigenvalue weighted by Crippen LogP contribution is -1.97. The van der Waals surface area contributed by atoms with Gasteiger partial charge in [0.05, 0.1) is 11.4 Å². The Labute approximate surface area is 473 Å². The van der Waals surface area contributed by atoms with E-state index in [0.717, 1.165) is 150 Å². The molecule has 17 rings (SSSR count). The van der Waals surface area contributed by atoms with E-state index in [0.29, 0.717) is 0 Å². The summed E-state index contributed by atoms with van der Waals surface area (Å²) in [5, 5.41) is 8.78. The number of hydrogen-bond donors (Lipinski definition) is 0. The number of para-hydroxylation sites is 2. The predicted octanol–water partition coefficient (Wildman–Crippen LogP) is 20.2. The number of pyridine rings is 4. The van der Waals surface area contributed by atoms with Gasteiger partial charge in [0.15, 0.2) is 0 Å². The Morgan fingerprint density at radius 2 is 0.854 bits per heavy atom. The Bertz CT molecular complexity index is 5420. The van der Waals surface area contributed by atoms with Gasteiger partial charge in [-0.1, -0.05) is 140 Å². The molecule has 0 saturated heterocycles. The second kappa shape index (κ2) is 18.4. The summed E-state index contributed by atoms with van der Waals surface area (Å²) in [4.78, 5) is 19.7. The van der Waals surface area contributed by atoms with Gasteiger partial charge in [-0.25, -0.2) is 9.97 Å². The highest BCUT2D eigenvalue weighted by Gasteiger charge is 2.23. The fourth-order valence-electron chi connectivity index (χ4n) is 12.5. The summed E-state index contributed by atoms with van der Waals surface area (Å²) in [5.74, 6) is 0. The molecule has 7 nitrogen and oxygen atoms in total. The molecular formula is C74H43N5O2S. The first-order valence-electron chi connectivity index (χ1n) is 27.4. The Kier molecular flexibility index (Phi) is 10.3. The van der Waals surface area contributed by atoms with Crippen LogP contribution in [0.25, 0.3) is 170 Å². The molecule has 8 heteroatoms. The van der Waals surface area contributed by atoms with Crippen LogP contribution in [0, 0.1) is 0 Å². The Hall–Kier alpha value is -10.8. The van der Waals surface area contributed by atoms with Gasteiger partial charge >= 0.3 is 0 Å². The molecule has 0 spiro atoms. The van der Waals surface area contributed by atoms with Crippen molar-refractivity contribution in [2.75, 3.05) is 0 Å². The van der Waals surface area contributed by atoms with E-state index in [1.807, 2.05) is 72.5 Å². The minimum Gasteiger partial charge on any atom is -0.456 e. The standard InChI is InChI=1S/C74H43N5O2S/c1-3-19-52(65-27-7-9-34-75-65)50(17-1)47-40-60(72-63(41-47)58-25-13-24-57(71(58)82-72)56-23-12-22-55-54-21-5-6-29-67(54)81-70(55)56)46-31-33-69-62(39-46)61-38-45(30-32-68(61)80-69)44-15-11-16-49(37-44)79-73-59(26-14-36-77-73)64-42-48(43-78-74(64)79)51-18-2-4-20-53(51)66-28-8-10-35-76-66/h1-43H. The lowest BCUT2D eigenvalue weighted by Gasteiger charge is -2.13. The summed E-state index contributed by atoms with van der Waals surface area (Å²) in [6, 6.07) is 83.7. The average molecular weight is 1070 g/mol. The fraction of sp³-hybridized carbons (Fsp3) is 0. The van der Waals surface area contributed by atoms with Crippen molar-refractivity contribution in [1.82, 2.24) is 24.5 Å². The topological polar surface area (TPSA) is 82.8 Å². The minimum atomic E-state index is 0.831. The lowest BCUT2D eigenvalue weighted by atomic mass is 9.91. The SMILES string of the molecule is c1ccc(-c2ccccc2-c2cc(-c3ccc4oc5ccc(-c6cccc(-n7c8ncccc8c8cc(-c9ccccc9-c9ccccn9)cnc87)c6)cc5c4c3)c3sc4c(-c5cccc6c5oc5ccccc56)cccc4c3c2)nc1. The molecule has 0 amide bonds. The first-order chi connectivity index (χ1) is 40.6. The number of furan rings is 2. The zero-order valence-electron chi connectivity index (χ0n) is 43.8. The normalized spacial score (nSPS) is 11.9. The molecule has 382 valence electrons. The van der Waals surface area contributed by atoms with E-state index in [-0.39, 0.29) is 0 Å². The van der Waals surface area contributed by atoms with E-state index in [1.54, 1.807) is 0 Å². The summed E-state index contributed by atoms with van der Waals surface area (Å²) < 4.78 is 17.9. The molecule has 0 aliphatic rings. The van der Waals surface area contributed by atoms with Gasteiger partial charge in [-0.15, -0.1) is 11.3 Å². The van der Waals surface area contributed by atoms with Crippen LogP contribution in [0.5, 0.6) is 0 Å². The molecular weight excluding hydrogens is 1020 g/mol. The van der Waals surface area contributed by atoms with Crippen molar-refractivity contribution < 1.29 is 8.83 Å². The van der Waals surface area contributed by atoms with Crippen LogP contribution in [0.2, 0.25) is 0 Å². The molecule has 0 radical (unpaired) electrons. The van der Waals surface area contributed by atoms with Gasteiger partial charge in [0.2, 0.25) is 0 Å². The highest BCUT2D eigenvalue weighted by atomic mass is 32.1. The fourth-order valence-corrected chi connectivity index (χ4v) is 13.8. The Morgan fingerprint density at radius 3 is 1.63 bits per heavy atom. The van der Waals surface area contributed by atoms with Gasteiger partial charge < -0.3 is 8.83 Å². The molecule has 0 saturated carbocycles. The van der Waals surface area contributed by atoms with Crippen molar-refractivity contribution in [3.05, 3.63) is 261 Å². The van der Waals surface area contributed by atoms with Crippen molar-refractivity contribution in [2.45, 2.75) is 0 Å². The van der Waals surface area contributed by atoms with E-state index >= 15 is 0 Å². The number of rotatable bonds is 8. The lowest BCUT2D eigenvalue weighted by molar-refractivity contribution is 0.669. The zero-order chi connectivity index (χ0) is 53.8. The number of aromatic nitrogens is 5. The molecule has 17 aromatic rings. The average Bonchev–Trinajstić information content (AvgIpc) is 4.01. The molecule has 0 fully saturated rings. The summed E-state index contributed by atoms with van der Waals surface area (Å²) in [6.45, 7) is 0. The molecule has 8 aromatic heterocycles. The molecule has 0 unspecified atom stereocenters. The summed E-state index contributed by atoms with van der Waals surface area (Å²) >= 11 is 1.85. The van der Waals surface area contributed by atoms with Crippen molar-refractivity contribution in [3.8, 4) is 83.8 Å². The number of nitrogens with zero attached hydrogens (tertiary/aromatic N) is 5. The molecule has 9 aromatic carbocycles. The zero-order valence-corrected chi connectivity index (χ0v) is 44.6. The van der Waals surface area contributed by atoms with Crippen LogP contribution in [0.1, 0.15) is 0 Å². The van der Waals surface area contributed by atoms with Gasteiger partial charge in [-0.3, -0.25) is 14.5 Å². The molecule has 0 atom stereocenters. The predicted molar refractivity (Wildman–Crippen MR) is 337 cm³/mol. The van der Waals surface area contributed by atoms with E-state index < -0.39 is 0 Å². The van der Waals surface area contributed by atoms with Gasteiger partial charge in [0.1, 0.15) is 33.6 Å². The summed E-state index contributed by atoms with van der Waals surface area (Å²) in [7, 11) is 0. The van der Waals surface area contributed by atoms with Gasteiger partial charge in [-0.2, -0.15) is 0 Å². The molecule has 8 heterocycles. The van der Waals surface area contributed by atoms with Crippen LogP contribution >= 0.6 is 11.3 Å². The maximum absolute atomic E-state index is 6.66. The van der Waals surface area contributed by atoms with Gasteiger partial charge in [0, 0.05) is 116 Å². The second-order valence-electron chi connectivity index (χ2n) is 20.9. The maximum Gasteiger partial charge on any atom is 0.146 e. The van der Waals surface area contributed by atoms with Crippen LogP contribution in [0.3, 0.4) is 0 Å². The van der Waals surface area contributed by atoms with Crippen molar-refractivity contribution in [1.29, 1.82) is 0 Å². The molecule has 0 aliphatic carbocycles. The van der Waals surface area contributed by atoms with Crippen LogP contribution in [-0.2, 0) is 0 Å². The first kappa shape index (κ1) is 46.1. The van der Waals surface area contributed by atoms with E-state index in [9.17, 15) is 0 Å². The van der Waals surface area contributed by atoms with Gasteiger partial charge in [0.25, 0.3) is 0 Å². The van der Waals surface area contributed by atoms with Crippen LogP contribution in [0.4, 0.5) is 0 Å². The third-order valence-corrected chi connectivity index (χ3v) is 17.5. The van der Waals surface area contributed by atoms with Crippen molar-refractivity contribution >= 4 is 97.5 Å². The first-order valence-corrected chi connectivity index (χ1v) is 28.2.